The van der Waals surface area contributed by atoms with E-state index >= 15 is 0 Å². The van der Waals surface area contributed by atoms with Crippen molar-refractivity contribution >= 4 is 40.4 Å². The smallest absolute Gasteiger partial charge is 0.252 e. The number of carbonyl (C=O) groups excluding carboxylic acids is 2. The van der Waals surface area contributed by atoms with Crippen molar-refractivity contribution in [2.24, 2.45) is 0 Å². The molecule has 2 aromatic rings. The quantitative estimate of drug-likeness (QED) is 0.837. The van der Waals surface area contributed by atoms with Crippen LogP contribution in [0.4, 0.5) is 5.69 Å². The molecule has 2 heterocycles. The fourth-order valence-electron chi connectivity index (χ4n) is 3.06. The Hall–Kier alpha value is -2.05. The number of hydrogen-bond acceptors (Lipinski definition) is 4. The Labute approximate surface area is 156 Å². The molecule has 7 heteroatoms. The second-order valence-corrected chi connectivity index (χ2v) is 7.27. The fourth-order valence-corrected chi connectivity index (χ4v) is 4.20. The zero-order chi connectivity index (χ0) is 17.8. The first kappa shape index (κ1) is 17.8. The number of rotatable bonds is 5. The molecule has 5 nitrogen and oxygen atoms in total. The van der Waals surface area contributed by atoms with E-state index in [2.05, 4.69) is 16.7 Å². The summed E-state index contributed by atoms with van der Waals surface area (Å²) in [6.45, 7) is 0.997. The zero-order valence-electron chi connectivity index (χ0n) is 13.9. The van der Waals surface area contributed by atoms with Crippen LogP contribution < -0.4 is 10.6 Å². The number of amides is 2. The molecular weight excluding hydrogens is 358 g/mol. The van der Waals surface area contributed by atoms with E-state index in [4.69, 9.17) is 11.6 Å². The van der Waals surface area contributed by atoms with Crippen LogP contribution in [0.5, 0.6) is 0 Å². The highest BCUT2D eigenvalue weighted by molar-refractivity contribution is 7.10. The van der Waals surface area contributed by atoms with Gasteiger partial charge in [0.15, 0.2) is 0 Å². The van der Waals surface area contributed by atoms with Crippen molar-refractivity contribution < 1.29 is 9.59 Å². The molecule has 1 aliphatic rings. The molecule has 25 heavy (non-hydrogen) atoms. The third kappa shape index (κ3) is 3.96. The Kier molecular flexibility index (Phi) is 5.60. The summed E-state index contributed by atoms with van der Waals surface area (Å²) in [7, 11) is 1.56. The van der Waals surface area contributed by atoms with Crippen LogP contribution in [0.3, 0.4) is 0 Å². The minimum Gasteiger partial charge on any atom is -0.376 e. The van der Waals surface area contributed by atoms with Gasteiger partial charge < -0.3 is 15.5 Å². The Morgan fingerprint density at radius 2 is 2.20 bits per heavy atom. The van der Waals surface area contributed by atoms with E-state index in [-0.39, 0.29) is 24.4 Å². The maximum absolute atomic E-state index is 12.6. The molecule has 1 aromatic carbocycles. The highest BCUT2D eigenvalue weighted by Gasteiger charge is 2.30. The minimum atomic E-state index is -0.233. The van der Waals surface area contributed by atoms with Crippen molar-refractivity contribution in [3.63, 3.8) is 0 Å². The molecule has 0 bridgehead atoms. The lowest BCUT2D eigenvalue weighted by atomic mass is 10.2. The second-order valence-electron chi connectivity index (χ2n) is 5.89. The Bertz CT molecular complexity index is 764. The topological polar surface area (TPSA) is 61.4 Å². The second kappa shape index (κ2) is 7.89. The van der Waals surface area contributed by atoms with Crippen molar-refractivity contribution in [3.8, 4) is 0 Å². The fraction of sp³-hybridized carbons (Fsp3) is 0.333. The van der Waals surface area contributed by atoms with E-state index in [0.717, 1.165) is 25.1 Å². The van der Waals surface area contributed by atoms with Gasteiger partial charge >= 0.3 is 0 Å². The maximum atomic E-state index is 12.6. The molecule has 1 fully saturated rings. The first-order valence-corrected chi connectivity index (χ1v) is 9.44. The number of hydrogen-bond donors (Lipinski definition) is 2. The first-order chi connectivity index (χ1) is 12.1. The van der Waals surface area contributed by atoms with Crippen molar-refractivity contribution in [2.45, 2.75) is 18.9 Å². The molecule has 1 aromatic heterocycles. The van der Waals surface area contributed by atoms with Gasteiger partial charge in [0.25, 0.3) is 5.91 Å². The largest absolute Gasteiger partial charge is 0.376 e. The maximum Gasteiger partial charge on any atom is 0.252 e. The lowest BCUT2D eigenvalue weighted by molar-refractivity contribution is -0.130. The Balaban J connectivity index is 1.62. The summed E-state index contributed by atoms with van der Waals surface area (Å²) >= 11 is 7.84. The van der Waals surface area contributed by atoms with Crippen LogP contribution in [0.2, 0.25) is 5.02 Å². The monoisotopic (exact) mass is 377 g/mol. The lowest BCUT2D eigenvalue weighted by Crippen LogP contribution is -2.34. The van der Waals surface area contributed by atoms with Gasteiger partial charge in [-0.2, -0.15) is 0 Å². The van der Waals surface area contributed by atoms with Crippen molar-refractivity contribution in [1.29, 1.82) is 0 Å². The molecule has 3 rings (SSSR count). The van der Waals surface area contributed by atoms with Crippen LogP contribution in [-0.4, -0.2) is 36.9 Å². The number of nitrogens with zero attached hydrogens (tertiary/aromatic N) is 1. The Morgan fingerprint density at radius 1 is 1.36 bits per heavy atom. The van der Waals surface area contributed by atoms with E-state index in [0.29, 0.717) is 10.6 Å². The van der Waals surface area contributed by atoms with Crippen LogP contribution in [-0.2, 0) is 4.79 Å². The van der Waals surface area contributed by atoms with Gasteiger partial charge in [-0.3, -0.25) is 9.59 Å². The van der Waals surface area contributed by atoms with E-state index in [1.165, 1.54) is 4.88 Å². The van der Waals surface area contributed by atoms with Crippen LogP contribution in [0.1, 0.15) is 34.1 Å². The molecular formula is C18H20ClN3O2S. The highest BCUT2D eigenvalue weighted by atomic mass is 35.5. The van der Waals surface area contributed by atoms with Crippen LogP contribution >= 0.6 is 22.9 Å². The SMILES string of the molecule is CNC(=O)c1ccc(NCC(=O)N2CCCC2c2cccs2)cc1Cl. The molecule has 2 N–H and O–H groups in total. The summed E-state index contributed by atoms with van der Waals surface area (Å²) in [5.74, 6) is -0.161. The molecule has 1 atom stereocenters. The van der Waals surface area contributed by atoms with E-state index in [1.807, 2.05) is 16.3 Å². The predicted octanol–water partition coefficient (Wildman–Crippen LogP) is 3.54. The lowest BCUT2D eigenvalue weighted by Gasteiger charge is -2.24. The van der Waals surface area contributed by atoms with Gasteiger partial charge in [0.1, 0.15) is 0 Å². The molecule has 1 saturated heterocycles. The highest BCUT2D eigenvalue weighted by Crippen LogP contribution is 2.34. The summed E-state index contributed by atoms with van der Waals surface area (Å²) in [6, 6.07) is 9.37. The van der Waals surface area contributed by atoms with E-state index < -0.39 is 0 Å². The number of anilines is 1. The average Bonchev–Trinajstić information content (AvgIpc) is 3.29. The summed E-state index contributed by atoms with van der Waals surface area (Å²) in [4.78, 5) is 27.4. The number of likely N-dealkylation sites (tertiary alicyclic amines) is 1. The third-order valence-corrected chi connectivity index (χ3v) is 5.62. The van der Waals surface area contributed by atoms with Gasteiger partial charge in [-0.1, -0.05) is 17.7 Å². The van der Waals surface area contributed by atoms with Gasteiger partial charge in [-0.05, 0) is 42.5 Å². The van der Waals surface area contributed by atoms with Gasteiger partial charge in [0, 0.05) is 24.2 Å². The molecule has 1 aliphatic heterocycles. The number of nitrogens with one attached hydrogen (secondary N) is 2. The standard InChI is InChI=1S/C18H20ClN3O2S/c1-20-18(24)13-7-6-12(10-14(13)19)21-11-17(23)22-8-2-4-15(22)16-5-3-9-25-16/h3,5-7,9-10,15,21H,2,4,8,11H2,1H3,(H,20,24). The van der Waals surface area contributed by atoms with Gasteiger partial charge in [-0.25, -0.2) is 0 Å². The van der Waals surface area contributed by atoms with Crippen molar-refractivity contribution in [1.82, 2.24) is 10.2 Å². The number of thiophene rings is 1. The van der Waals surface area contributed by atoms with E-state index in [9.17, 15) is 9.59 Å². The number of carbonyl (C=O) groups is 2. The van der Waals surface area contributed by atoms with Crippen LogP contribution in [0.25, 0.3) is 0 Å². The average molecular weight is 378 g/mol. The van der Waals surface area contributed by atoms with Gasteiger partial charge in [0.2, 0.25) is 5.91 Å². The van der Waals surface area contributed by atoms with Crippen molar-refractivity contribution in [2.75, 3.05) is 25.5 Å². The molecule has 0 aliphatic carbocycles. The summed E-state index contributed by atoms with van der Waals surface area (Å²) < 4.78 is 0. The molecule has 2 amide bonds. The predicted molar refractivity (Wildman–Crippen MR) is 101 cm³/mol. The third-order valence-electron chi connectivity index (χ3n) is 4.33. The van der Waals surface area contributed by atoms with Gasteiger partial charge in [-0.15, -0.1) is 11.3 Å². The first-order valence-electron chi connectivity index (χ1n) is 8.18. The molecule has 132 valence electrons. The molecule has 0 spiro atoms. The molecule has 1 unspecified atom stereocenters. The summed E-state index contributed by atoms with van der Waals surface area (Å²) in [5.41, 5.74) is 1.14. The number of halogens is 1. The molecule has 0 saturated carbocycles. The zero-order valence-corrected chi connectivity index (χ0v) is 15.5. The minimum absolute atomic E-state index is 0.0717. The van der Waals surface area contributed by atoms with Crippen LogP contribution in [0, 0.1) is 0 Å². The van der Waals surface area contributed by atoms with Crippen LogP contribution in [0.15, 0.2) is 35.7 Å². The summed E-state index contributed by atoms with van der Waals surface area (Å²) in [5, 5.41) is 8.05. The normalized spacial score (nSPS) is 16.7. The molecule has 0 radical (unpaired) electrons. The van der Waals surface area contributed by atoms with Crippen molar-refractivity contribution in [3.05, 3.63) is 51.2 Å². The van der Waals surface area contributed by atoms with E-state index in [1.54, 1.807) is 36.6 Å². The number of benzene rings is 1. The van der Waals surface area contributed by atoms with Gasteiger partial charge in [0.05, 0.1) is 23.2 Å². The summed E-state index contributed by atoms with van der Waals surface area (Å²) in [6.07, 6.45) is 2.04. The Morgan fingerprint density at radius 3 is 2.88 bits per heavy atom.